The summed E-state index contributed by atoms with van der Waals surface area (Å²) in [5, 5.41) is 9.37. The molecule has 5 heteroatoms. The van der Waals surface area contributed by atoms with E-state index in [4.69, 9.17) is 0 Å². The maximum absolute atomic E-state index is 12.5. The molecule has 0 saturated carbocycles. The van der Waals surface area contributed by atoms with Gasteiger partial charge in [-0.05, 0) is 76.0 Å². The monoisotopic (exact) mass is 423 g/mol. The number of aliphatic hydroxyl groups is 1. The van der Waals surface area contributed by atoms with Gasteiger partial charge in [-0.3, -0.25) is 4.79 Å². The molecule has 0 bridgehead atoms. The molecule has 1 aromatic rings. The van der Waals surface area contributed by atoms with Crippen LogP contribution in [-0.2, 0) is 0 Å². The summed E-state index contributed by atoms with van der Waals surface area (Å²) in [4.78, 5) is 14.3. The Morgan fingerprint density at radius 1 is 1.50 bits per heavy atom. The predicted molar refractivity (Wildman–Crippen MR) is 82.6 cm³/mol. The topological polar surface area (TPSA) is 40.5 Å². The third kappa shape index (κ3) is 3.05. The molecular weight excluding hydrogens is 409 g/mol. The molecule has 2 rings (SSSR count). The van der Waals surface area contributed by atoms with Crippen LogP contribution in [0, 0.1) is 3.57 Å². The average Bonchev–Trinajstić information content (AvgIpc) is 2.40. The van der Waals surface area contributed by atoms with Gasteiger partial charge in [0, 0.05) is 14.6 Å². The van der Waals surface area contributed by atoms with Crippen molar-refractivity contribution >= 4 is 44.4 Å². The Morgan fingerprint density at radius 3 is 3.00 bits per heavy atom. The third-order valence-corrected chi connectivity index (χ3v) is 4.62. The van der Waals surface area contributed by atoms with E-state index in [0.29, 0.717) is 5.56 Å². The van der Waals surface area contributed by atoms with Crippen molar-refractivity contribution in [2.24, 2.45) is 0 Å². The number of hydrogen-bond donors (Lipinski definition) is 1. The number of piperidine rings is 1. The van der Waals surface area contributed by atoms with Gasteiger partial charge in [-0.2, -0.15) is 0 Å². The average molecular weight is 424 g/mol. The third-order valence-electron chi connectivity index (χ3n) is 3.26. The first-order valence-corrected chi connectivity index (χ1v) is 7.87. The summed E-state index contributed by atoms with van der Waals surface area (Å²) < 4.78 is 1.85. The fourth-order valence-corrected chi connectivity index (χ4v) is 3.18. The number of likely N-dealkylation sites (tertiary alicyclic amines) is 1. The lowest BCUT2D eigenvalue weighted by molar-refractivity contribution is 0.0502. The Morgan fingerprint density at radius 2 is 2.28 bits per heavy atom. The molecule has 1 amide bonds. The van der Waals surface area contributed by atoms with Gasteiger partial charge in [0.25, 0.3) is 5.91 Å². The zero-order chi connectivity index (χ0) is 13.1. The molecule has 1 aliphatic heterocycles. The highest BCUT2D eigenvalue weighted by atomic mass is 127. The SMILES string of the molecule is O=C(c1cc(I)ccc1Br)N1CCCCC1CO. The summed E-state index contributed by atoms with van der Waals surface area (Å²) in [5.41, 5.74) is 0.683. The Kier molecular flexibility index (Phi) is 5.03. The minimum absolute atomic E-state index is 0.0131. The van der Waals surface area contributed by atoms with E-state index in [1.165, 1.54) is 0 Å². The molecule has 1 aromatic carbocycles. The van der Waals surface area contributed by atoms with Crippen LogP contribution in [0.4, 0.5) is 0 Å². The highest BCUT2D eigenvalue weighted by Crippen LogP contribution is 2.25. The van der Waals surface area contributed by atoms with Crippen molar-refractivity contribution in [2.75, 3.05) is 13.2 Å². The summed E-state index contributed by atoms with van der Waals surface area (Å²) in [5.74, 6) is 0.0131. The van der Waals surface area contributed by atoms with Gasteiger partial charge in [-0.15, -0.1) is 0 Å². The molecule has 0 aliphatic carbocycles. The summed E-state index contributed by atoms with van der Waals surface area (Å²) in [7, 11) is 0. The lowest BCUT2D eigenvalue weighted by atomic mass is 10.0. The Labute approximate surface area is 129 Å². The first kappa shape index (κ1) is 14.3. The summed E-state index contributed by atoms with van der Waals surface area (Å²) in [6, 6.07) is 5.71. The number of hydrogen-bond acceptors (Lipinski definition) is 2. The van der Waals surface area contributed by atoms with Crippen LogP contribution < -0.4 is 0 Å². The lowest BCUT2D eigenvalue weighted by Gasteiger charge is -2.34. The van der Waals surface area contributed by atoms with E-state index < -0.39 is 0 Å². The van der Waals surface area contributed by atoms with Crippen molar-refractivity contribution in [3.05, 3.63) is 31.8 Å². The van der Waals surface area contributed by atoms with Gasteiger partial charge in [0.05, 0.1) is 18.2 Å². The second kappa shape index (κ2) is 6.34. The molecule has 0 aromatic heterocycles. The molecule has 0 spiro atoms. The van der Waals surface area contributed by atoms with Gasteiger partial charge in [-0.1, -0.05) is 0 Å². The fraction of sp³-hybridized carbons (Fsp3) is 0.462. The first-order valence-electron chi connectivity index (χ1n) is 6.00. The number of benzene rings is 1. The summed E-state index contributed by atoms with van der Waals surface area (Å²) in [6.07, 6.45) is 3.00. The van der Waals surface area contributed by atoms with Gasteiger partial charge in [0.2, 0.25) is 0 Å². The standard InChI is InChI=1S/C13H15BrINO2/c14-12-5-4-9(15)7-11(12)13(18)16-6-2-1-3-10(16)8-17/h4-5,7,10,17H,1-3,6,8H2. The molecule has 0 radical (unpaired) electrons. The molecule has 3 nitrogen and oxygen atoms in total. The second-order valence-electron chi connectivity index (χ2n) is 4.45. The van der Waals surface area contributed by atoms with E-state index in [-0.39, 0.29) is 18.6 Å². The zero-order valence-corrected chi connectivity index (χ0v) is 13.6. The number of nitrogens with zero attached hydrogens (tertiary/aromatic N) is 1. The largest absolute Gasteiger partial charge is 0.394 e. The van der Waals surface area contributed by atoms with E-state index in [1.54, 1.807) is 4.90 Å². The lowest BCUT2D eigenvalue weighted by Crippen LogP contribution is -2.45. The Hall–Kier alpha value is -0.140. The van der Waals surface area contributed by atoms with Crippen LogP contribution in [0.1, 0.15) is 29.6 Å². The molecule has 1 unspecified atom stereocenters. The molecule has 1 heterocycles. The highest BCUT2D eigenvalue weighted by Gasteiger charge is 2.27. The van der Waals surface area contributed by atoms with Crippen LogP contribution in [0.2, 0.25) is 0 Å². The second-order valence-corrected chi connectivity index (χ2v) is 6.55. The minimum Gasteiger partial charge on any atom is -0.394 e. The van der Waals surface area contributed by atoms with Gasteiger partial charge in [0.15, 0.2) is 0 Å². The smallest absolute Gasteiger partial charge is 0.255 e. The van der Waals surface area contributed by atoms with Crippen molar-refractivity contribution in [3.8, 4) is 0 Å². The Balaban J connectivity index is 2.26. The van der Waals surface area contributed by atoms with Crippen molar-refractivity contribution < 1.29 is 9.90 Å². The maximum Gasteiger partial charge on any atom is 0.255 e. The molecular formula is C13H15BrINO2. The minimum atomic E-state index is -0.0315. The van der Waals surface area contributed by atoms with Crippen molar-refractivity contribution in [1.82, 2.24) is 4.90 Å². The van der Waals surface area contributed by atoms with Crippen LogP contribution >= 0.6 is 38.5 Å². The van der Waals surface area contributed by atoms with Crippen molar-refractivity contribution in [1.29, 1.82) is 0 Å². The van der Waals surface area contributed by atoms with Crippen LogP contribution in [0.15, 0.2) is 22.7 Å². The van der Waals surface area contributed by atoms with E-state index in [9.17, 15) is 9.90 Å². The predicted octanol–water partition coefficient (Wildman–Crippen LogP) is 3.04. The highest BCUT2D eigenvalue weighted by molar-refractivity contribution is 14.1. The summed E-state index contributed by atoms with van der Waals surface area (Å²) in [6.45, 7) is 0.787. The molecule has 98 valence electrons. The van der Waals surface area contributed by atoms with E-state index in [1.807, 2.05) is 18.2 Å². The van der Waals surface area contributed by atoms with Crippen LogP contribution in [0.25, 0.3) is 0 Å². The molecule has 1 aliphatic rings. The first-order chi connectivity index (χ1) is 8.63. The van der Waals surface area contributed by atoms with Crippen molar-refractivity contribution in [3.63, 3.8) is 0 Å². The fourth-order valence-electron chi connectivity index (χ4n) is 2.27. The van der Waals surface area contributed by atoms with E-state index in [2.05, 4.69) is 38.5 Å². The van der Waals surface area contributed by atoms with Crippen LogP contribution in [0.3, 0.4) is 0 Å². The maximum atomic E-state index is 12.5. The van der Waals surface area contributed by atoms with Crippen molar-refractivity contribution in [2.45, 2.75) is 25.3 Å². The van der Waals surface area contributed by atoms with E-state index in [0.717, 1.165) is 33.9 Å². The number of carbonyl (C=O) groups excluding carboxylic acids is 1. The van der Waals surface area contributed by atoms with Gasteiger partial charge in [0.1, 0.15) is 0 Å². The Bertz CT molecular complexity index is 453. The molecule has 1 saturated heterocycles. The molecule has 1 atom stereocenters. The molecule has 1 N–H and O–H groups in total. The number of amides is 1. The van der Waals surface area contributed by atoms with Gasteiger partial charge >= 0.3 is 0 Å². The number of rotatable bonds is 2. The number of aliphatic hydroxyl groups excluding tert-OH is 1. The summed E-state index contributed by atoms with van der Waals surface area (Å²) >= 11 is 5.63. The number of halogens is 2. The molecule has 1 fully saturated rings. The normalized spacial score (nSPS) is 19.9. The van der Waals surface area contributed by atoms with Gasteiger partial charge < -0.3 is 10.0 Å². The van der Waals surface area contributed by atoms with Crippen LogP contribution in [0.5, 0.6) is 0 Å². The zero-order valence-electron chi connectivity index (χ0n) is 9.90. The quantitative estimate of drug-likeness (QED) is 0.742. The van der Waals surface area contributed by atoms with Gasteiger partial charge in [-0.25, -0.2) is 0 Å². The van der Waals surface area contributed by atoms with Crippen LogP contribution in [-0.4, -0.2) is 35.1 Å². The van der Waals surface area contributed by atoms with E-state index >= 15 is 0 Å². The molecule has 18 heavy (non-hydrogen) atoms. The number of carbonyl (C=O) groups is 1.